The Hall–Kier alpha value is -3.66. The van der Waals surface area contributed by atoms with Gasteiger partial charge in [0.15, 0.2) is 11.5 Å². The molecule has 3 aliphatic rings. The van der Waals surface area contributed by atoms with Crippen molar-refractivity contribution in [3.8, 4) is 11.5 Å². The number of fused-ring (bicyclic) bond motifs is 4. The van der Waals surface area contributed by atoms with Gasteiger partial charge in [-0.1, -0.05) is 12.1 Å². The topological polar surface area (TPSA) is 112 Å². The zero-order valence-corrected chi connectivity index (χ0v) is 21.3. The number of carbonyl (C=O) groups excluding carboxylic acids is 3. The number of amides is 4. The van der Waals surface area contributed by atoms with Gasteiger partial charge in [-0.2, -0.15) is 0 Å². The van der Waals surface area contributed by atoms with Crippen LogP contribution in [0.4, 0.5) is 4.79 Å². The fourth-order valence-electron chi connectivity index (χ4n) is 6.27. The third-order valence-electron chi connectivity index (χ3n) is 7.88. The molecule has 4 amide bonds. The number of aromatic nitrogens is 1. The normalized spacial score (nSPS) is 23.3. The van der Waals surface area contributed by atoms with E-state index in [4.69, 9.17) is 4.74 Å². The van der Waals surface area contributed by atoms with Crippen molar-refractivity contribution in [1.82, 2.24) is 19.3 Å². The molecule has 2 saturated heterocycles. The third kappa shape index (κ3) is 4.19. The van der Waals surface area contributed by atoms with Crippen LogP contribution in [-0.4, -0.2) is 82.6 Å². The van der Waals surface area contributed by atoms with Crippen molar-refractivity contribution < 1.29 is 24.2 Å². The Kier molecular flexibility index (Phi) is 6.31. The molecule has 10 heteroatoms. The minimum atomic E-state index is -1.53. The molecule has 0 spiro atoms. The number of rotatable bonds is 6. The van der Waals surface area contributed by atoms with E-state index in [1.807, 2.05) is 10.6 Å². The number of barbiturate groups is 1. The summed E-state index contributed by atoms with van der Waals surface area (Å²) in [5.41, 5.74) is 0.0927. The van der Waals surface area contributed by atoms with Gasteiger partial charge in [0, 0.05) is 58.0 Å². The summed E-state index contributed by atoms with van der Waals surface area (Å²) in [4.78, 5) is 56.7. The second kappa shape index (κ2) is 9.33. The molecule has 2 atom stereocenters. The second-order valence-corrected chi connectivity index (χ2v) is 10.4. The maximum Gasteiger partial charge on any atom is 0.332 e. The fraction of sp³-hybridized carbons (Fsp3) is 0.481. The number of phenols is 1. The van der Waals surface area contributed by atoms with Gasteiger partial charge < -0.3 is 19.3 Å². The molecule has 0 aliphatic carbocycles. The van der Waals surface area contributed by atoms with Crippen LogP contribution < -0.4 is 10.3 Å². The molecule has 1 aromatic carbocycles. The number of ether oxygens (including phenoxy) is 1. The van der Waals surface area contributed by atoms with Crippen molar-refractivity contribution in [2.24, 2.45) is 11.3 Å². The molecular formula is C27H32N4O6. The Bertz CT molecular complexity index is 1300. The van der Waals surface area contributed by atoms with Crippen LogP contribution in [0.1, 0.15) is 30.5 Å². The number of likely N-dealkylation sites (tertiary alicyclic amines) is 1. The predicted molar refractivity (Wildman–Crippen MR) is 134 cm³/mol. The highest BCUT2D eigenvalue weighted by molar-refractivity contribution is 6.19. The summed E-state index contributed by atoms with van der Waals surface area (Å²) in [6, 6.07) is 9.48. The van der Waals surface area contributed by atoms with Gasteiger partial charge in [-0.3, -0.25) is 24.2 Å². The number of hydrogen-bond acceptors (Lipinski definition) is 7. The number of urea groups is 1. The van der Waals surface area contributed by atoms with Crippen LogP contribution in [-0.2, 0) is 22.6 Å². The maximum absolute atomic E-state index is 13.8. The van der Waals surface area contributed by atoms with Crippen LogP contribution >= 0.6 is 0 Å². The lowest BCUT2D eigenvalue weighted by Crippen LogP contribution is -2.67. The van der Waals surface area contributed by atoms with Crippen molar-refractivity contribution >= 4 is 17.8 Å². The molecule has 2 bridgehead atoms. The minimum Gasteiger partial charge on any atom is -0.504 e. The molecule has 37 heavy (non-hydrogen) atoms. The Morgan fingerprint density at radius 3 is 2.43 bits per heavy atom. The highest BCUT2D eigenvalue weighted by Crippen LogP contribution is 2.40. The number of benzene rings is 1. The van der Waals surface area contributed by atoms with E-state index in [2.05, 4.69) is 4.90 Å². The lowest BCUT2D eigenvalue weighted by molar-refractivity contribution is -0.159. The van der Waals surface area contributed by atoms with Gasteiger partial charge in [0.25, 0.3) is 5.56 Å². The lowest BCUT2D eigenvalue weighted by Gasteiger charge is -2.48. The molecule has 196 valence electrons. The summed E-state index contributed by atoms with van der Waals surface area (Å²) in [6.07, 6.45) is 0.998. The van der Waals surface area contributed by atoms with E-state index in [-0.39, 0.29) is 41.9 Å². The van der Waals surface area contributed by atoms with Crippen molar-refractivity contribution in [2.45, 2.75) is 32.2 Å². The molecule has 1 aromatic heterocycles. The average molecular weight is 509 g/mol. The molecular weight excluding hydrogens is 476 g/mol. The molecule has 3 aliphatic heterocycles. The molecule has 0 saturated carbocycles. The summed E-state index contributed by atoms with van der Waals surface area (Å²) in [5, 5.41) is 10.2. The molecule has 0 radical (unpaired) electrons. The van der Waals surface area contributed by atoms with Crippen LogP contribution in [0.3, 0.4) is 0 Å². The van der Waals surface area contributed by atoms with Gasteiger partial charge in [-0.15, -0.1) is 0 Å². The van der Waals surface area contributed by atoms with E-state index >= 15 is 0 Å². The molecule has 2 fully saturated rings. The fourth-order valence-corrected chi connectivity index (χ4v) is 6.27. The first-order chi connectivity index (χ1) is 17.6. The number of nitrogens with zero attached hydrogens (tertiary/aromatic N) is 4. The van der Waals surface area contributed by atoms with Crippen molar-refractivity contribution in [1.29, 1.82) is 0 Å². The van der Waals surface area contributed by atoms with E-state index < -0.39 is 23.3 Å². The Morgan fingerprint density at radius 1 is 1.00 bits per heavy atom. The van der Waals surface area contributed by atoms with Crippen LogP contribution in [0.2, 0.25) is 0 Å². The van der Waals surface area contributed by atoms with Crippen LogP contribution in [0.15, 0.2) is 41.2 Å². The van der Waals surface area contributed by atoms with E-state index in [9.17, 15) is 24.3 Å². The number of phenolic OH excluding ortho intramolecular Hbond substituents is 1. The van der Waals surface area contributed by atoms with Gasteiger partial charge >= 0.3 is 6.03 Å². The quantitative estimate of drug-likeness (QED) is 0.591. The smallest absolute Gasteiger partial charge is 0.332 e. The molecule has 5 rings (SSSR count). The van der Waals surface area contributed by atoms with Gasteiger partial charge in [0.1, 0.15) is 5.41 Å². The van der Waals surface area contributed by atoms with Gasteiger partial charge in [-0.25, -0.2) is 4.79 Å². The highest BCUT2D eigenvalue weighted by Gasteiger charge is 2.56. The largest absolute Gasteiger partial charge is 0.504 e. The van der Waals surface area contributed by atoms with Crippen molar-refractivity contribution in [3.05, 3.63) is 58.0 Å². The summed E-state index contributed by atoms with van der Waals surface area (Å²) < 4.78 is 7.36. The Morgan fingerprint density at radius 2 is 1.73 bits per heavy atom. The van der Waals surface area contributed by atoms with E-state index in [0.29, 0.717) is 31.8 Å². The van der Waals surface area contributed by atoms with Crippen molar-refractivity contribution in [2.75, 3.05) is 40.3 Å². The molecule has 2 aromatic rings. The standard InChI is InChI=1S/C27H32N4O6/c1-4-37-22-11-17(8-9-21(22)32)12-27(24(34)28(2)26(36)29(3)25(27)35)16-30-13-18-10-19(15-30)20-6-5-7-23(33)31(20)14-18/h5-9,11,18-19,32H,4,10,12-16H2,1-3H3/t18-,19-/m0/s1. The second-order valence-electron chi connectivity index (χ2n) is 10.4. The zero-order valence-electron chi connectivity index (χ0n) is 21.3. The van der Waals surface area contributed by atoms with Crippen molar-refractivity contribution in [3.63, 3.8) is 0 Å². The maximum atomic E-state index is 13.8. The number of pyridine rings is 1. The summed E-state index contributed by atoms with van der Waals surface area (Å²) >= 11 is 0. The minimum absolute atomic E-state index is 0.00560. The molecule has 1 N–H and O–H groups in total. The van der Waals surface area contributed by atoms with Gasteiger partial charge in [-0.05, 0) is 49.4 Å². The number of imide groups is 2. The number of hydrogen-bond donors (Lipinski definition) is 1. The third-order valence-corrected chi connectivity index (χ3v) is 7.88. The highest BCUT2D eigenvalue weighted by atomic mass is 16.5. The van der Waals surface area contributed by atoms with E-state index in [1.54, 1.807) is 31.2 Å². The molecule has 10 nitrogen and oxygen atoms in total. The first-order valence-electron chi connectivity index (χ1n) is 12.6. The number of carbonyl (C=O) groups is 3. The lowest BCUT2D eigenvalue weighted by atomic mass is 9.75. The first-order valence-corrected chi connectivity index (χ1v) is 12.6. The number of piperidine rings is 1. The molecule has 4 heterocycles. The number of aromatic hydroxyl groups is 1. The van der Waals surface area contributed by atoms with E-state index in [0.717, 1.165) is 21.9 Å². The zero-order chi connectivity index (χ0) is 26.5. The monoisotopic (exact) mass is 508 g/mol. The first kappa shape index (κ1) is 25.0. The van der Waals surface area contributed by atoms with Gasteiger partial charge in [0.05, 0.1) is 6.61 Å². The predicted octanol–water partition coefficient (Wildman–Crippen LogP) is 1.65. The summed E-state index contributed by atoms with van der Waals surface area (Å²) in [7, 11) is 2.80. The van der Waals surface area contributed by atoms with Crippen LogP contribution in [0.5, 0.6) is 11.5 Å². The SMILES string of the molecule is CCOc1cc(CC2(CN3C[C@@H]4C[C@@H](C3)c3cccc(=O)n3C4)C(=O)N(C)C(=O)N(C)C2=O)ccc1O. The average Bonchev–Trinajstić information content (AvgIpc) is 2.88. The Labute approximate surface area is 215 Å². The van der Waals surface area contributed by atoms with Gasteiger partial charge in [0.2, 0.25) is 11.8 Å². The molecule has 0 unspecified atom stereocenters. The van der Waals surface area contributed by atoms with Crippen LogP contribution in [0.25, 0.3) is 0 Å². The van der Waals surface area contributed by atoms with E-state index in [1.165, 1.54) is 20.2 Å². The Balaban J connectivity index is 1.51. The summed E-state index contributed by atoms with van der Waals surface area (Å²) in [6.45, 7) is 4.13. The van der Waals surface area contributed by atoms with Crippen LogP contribution in [0, 0.1) is 11.3 Å². The summed E-state index contributed by atoms with van der Waals surface area (Å²) in [5.74, 6) is -0.505.